The summed E-state index contributed by atoms with van der Waals surface area (Å²) in [5.41, 5.74) is 3.58. The predicted molar refractivity (Wildman–Crippen MR) is 99.5 cm³/mol. The average molecular weight is 352 g/mol. The van der Waals surface area contributed by atoms with E-state index in [1.807, 2.05) is 30.3 Å². The molecule has 134 valence electrons. The Kier molecular flexibility index (Phi) is 5.58. The van der Waals surface area contributed by atoms with Gasteiger partial charge in [-0.3, -0.25) is 4.99 Å². The summed E-state index contributed by atoms with van der Waals surface area (Å²) in [5.74, 6) is 0.464. The highest BCUT2D eigenvalue weighted by atomic mass is 19.1. The maximum Gasteiger partial charge on any atom is 0.191 e. The summed E-state index contributed by atoms with van der Waals surface area (Å²) >= 11 is 0. The van der Waals surface area contributed by atoms with Crippen molar-refractivity contribution in [1.82, 2.24) is 25.4 Å². The summed E-state index contributed by atoms with van der Waals surface area (Å²) in [6.45, 7) is 2.88. The molecule has 0 fully saturated rings. The van der Waals surface area contributed by atoms with Crippen molar-refractivity contribution in [2.75, 3.05) is 7.05 Å². The Morgan fingerprint density at radius 2 is 1.77 bits per heavy atom. The molecule has 0 spiro atoms. The molecule has 0 aliphatic heterocycles. The minimum Gasteiger partial charge on any atom is -0.352 e. The molecule has 3 aromatic rings. The van der Waals surface area contributed by atoms with E-state index in [0.717, 1.165) is 16.8 Å². The Labute approximate surface area is 151 Å². The molecule has 26 heavy (non-hydrogen) atoms. The number of benzene rings is 2. The van der Waals surface area contributed by atoms with Crippen molar-refractivity contribution >= 4 is 5.96 Å². The second-order valence-electron chi connectivity index (χ2n) is 5.87. The summed E-state index contributed by atoms with van der Waals surface area (Å²) in [6.07, 6.45) is 3.16. The fourth-order valence-electron chi connectivity index (χ4n) is 2.45. The topological polar surface area (TPSA) is 67.1 Å². The zero-order chi connectivity index (χ0) is 18.4. The summed E-state index contributed by atoms with van der Waals surface area (Å²) in [5, 5.41) is 10.5. The fourth-order valence-corrected chi connectivity index (χ4v) is 2.45. The van der Waals surface area contributed by atoms with Gasteiger partial charge in [-0.15, -0.1) is 0 Å². The molecule has 0 unspecified atom stereocenters. The smallest absolute Gasteiger partial charge is 0.191 e. The van der Waals surface area contributed by atoms with E-state index in [1.54, 1.807) is 37.1 Å². The Morgan fingerprint density at radius 3 is 2.38 bits per heavy atom. The SMILES string of the molecule is CN=C(NCc1ccc(-n2cncn2)cc1)NCc1ccc(C)c(F)c1. The van der Waals surface area contributed by atoms with Crippen LogP contribution in [0.2, 0.25) is 0 Å². The molecule has 3 rings (SSSR count). The summed E-state index contributed by atoms with van der Waals surface area (Å²) < 4.78 is 15.3. The first kappa shape index (κ1) is 17.6. The van der Waals surface area contributed by atoms with Crippen molar-refractivity contribution in [3.05, 3.63) is 77.6 Å². The van der Waals surface area contributed by atoms with Crippen molar-refractivity contribution in [3.8, 4) is 5.69 Å². The maximum absolute atomic E-state index is 13.6. The molecule has 2 N–H and O–H groups in total. The van der Waals surface area contributed by atoms with E-state index in [2.05, 4.69) is 25.7 Å². The van der Waals surface area contributed by atoms with E-state index in [4.69, 9.17) is 0 Å². The largest absolute Gasteiger partial charge is 0.352 e. The summed E-state index contributed by atoms with van der Waals surface area (Å²) in [4.78, 5) is 8.13. The lowest BCUT2D eigenvalue weighted by Crippen LogP contribution is -2.36. The van der Waals surface area contributed by atoms with Crippen LogP contribution in [0.25, 0.3) is 5.69 Å². The number of nitrogens with one attached hydrogen (secondary N) is 2. The molecule has 2 aromatic carbocycles. The van der Waals surface area contributed by atoms with Gasteiger partial charge < -0.3 is 10.6 Å². The molecule has 0 bridgehead atoms. The van der Waals surface area contributed by atoms with Gasteiger partial charge in [-0.05, 0) is 41.8 Å². The molecule has 0 amide bonds. The molecule has 7 heteroatoms. The van der Waals surface area contributed by atoms with Crippen molar-refractivity contribution in [2.24, 2.45) is 4.99 Å². The van der Waals surface area contributed by atoms with E-state index < -0.39 is 0 Å². The fraction of sp³-hybridized carbons (Fsp3) is 0.211. The highest BCUT2D eigenvalue weighted by Crippen LogP contribution is 2.09. The molecule has 0 aliphatic carbocycles. The lowest BCUT2D eigenvalue weighted by atomic mass is 10.1. The van der Waals surface area contributed by atoms with E-state index in [-0.39, 0.29) is 5.82 Å². The minimum atomic E-state index is -0.195. The average Bonchev–Trinajstić information content (AvgIpc) is 3.20. The first-order chi connectivity index (χ1) is 12.7. The van der Waals surface area contributed by atoms with Gasteiger partial charge in [0.1, 0.15) is 18.5 Å². The number of aryl methyl sites for hydroxylation is 1. The van der Waals surface area contributed by atoms with Crippen LogP contribution in [0.3, 0.4) is 0 Å². The summed E-state index contributed by atoms with van der Waals surface area (Å²) in [7, 11) is 1.71. The molecule has 1 aromatic heterocycles. The van der Waals surface area contributed by atoms with Crippen LogP contribution in [0.4, 0.5) is 4.39 Å². The molecular weight excluding hydrogens is 331 g/mol. The van der Waals surface area contributed by atoms with Gasteiger partial charge in [0.2, 0.25) is 0 Å². The normalized spacial score (nSPS) is 11.4. The Bertz CT molecular complexity index is 872. The van der Waals surface area contributed by atoms with Crippen LogP contribution >= 0.6 is 0 Å². The maximum atomic E-state index is 13.6. The van der Waals surface area contributed by atoms with Gasteiger partial charge in [0.05, 0.1) is 5.69 Å². The number of aliphatic imine (C=N–C) groups is 1. The third kappa shape index (κ3) is 4.44. The number of hydrogen-bond donors (Lipinski definition) is 2. The number of nitrogens with zero attached hydrogens (tertiary/aromatic N) is 4. The molecule has 6 nitrogen and oxygen atoms in total. The van der Waals surface area contributed by atoms with Crippen LogP contribution in [0, 0.1) is 12.7 Å². The molecule has 0 saturated carbocycles. The first-order valence-corrected chi connectivity index (χ1v) is 8.29. The first-order valence-electron chi connectivity index (χ1n) is 8.29. The van der Waals surface area contributed by atoms with E-state index in [0.29, 0.717) is 24.6 Å². The third-order valence-electron chi connectivity index (χ3n) is 4.00. The predicted octanol–water partition coefficient (Wildman–Crippen LogP) is 2.58. The zero-order valence-electron chi connectivity index (χ0n) is 14.8. The summed E-state index contributed by atoms with van der Waals surface area (Å²) in [6, 6.07) is 13.2. The molecule has 0 radical (unpaired) electrons. The molecule has 0 atom stereocenters. The molecule has 1 heterocycles. The van der Waals surface area contributed by atoms with E-state index >= 15 is 0 Å². The second-order valence-corrected chi connectivity index (χ2v) is 5.87. The van der Waals surface area contributed by atoms with Crippen LogP contribution in [-0.4, -0.2) is 27.8 Å². The van der Waals surface area contributed by atoms with Crippen molar-refractivity contribution in [1.29, 1.82) is 0 Å². The standard InChI is InChI=1S/C19H21FN6/c1-14-3-4-16(9-18(14)20)11-24-19(21-2)23-10-15-5-7-17(8-6-15)26-13-22-12-25-26/h3-9,12-13H,10-11H2,1-2H3,(H2,21,23,24). The lowest BCUT2D eigenvalue weighted by Gasteiger charge is -2.12. The number of aromatic nitrogens is 3. The van der Waals surface area contributed by atoms with Gasteiger partial charge in [0.15, 0.2) is 5.96 Å². The Hall–Kier alpha value is -3.22. The second kappa shape index (κ2) is 8.24. The Morgan fingerprint density at radius 1 is 1.08 bits per heavy atom. The van der Waals surface area contributed by atoms with Gasteiger partial charge >= 0.3 is 0 Å². The Balaban J connectivity index is 1.53. The number of halogens is 1. The van der Waals surface area contributed by atoms with Crippen molar-refractivity contribution in [2.45, 2.75) is 20.0 Å². The van der Waals surface area contributed by atoms with Crippen LogP contribution in [0.15, 0.2) is 60.1 Å². The quantitative estimate of drug-likeness (QED) is 0.547. The number of hydrogen-bond acceptors (Lipinski definition) is 3. The molecule has 0 saturated heterocycles. The molecule has 0 aliphatic rings. The van der Waals surface area contributed by atoms with Gasteiger partial charge in [0.25, 0.3) is 0 Å². The number of guanidine groups is 1. The number of rotatable bonds is 5. The van der Waals surface area contributed by atoms with Crippen LogP contribution in [-0.2, 0) is 13.1 Å². The highest BCUT2D eigenvalue weighted by Gasteiger charge is 2.03. The lowest BCUT2D eigenvalue weighted by molar-refractivity contribution is 0.615. The minimum absolute atomic E-state index is 0.195. The highest BCUT2D eigenvalue weighted by molar-refractivity contribution is 5.79. The van der Waals surface area contributed by atoms with Crippen LogP contribution < -0.4 is 10.6 Å². The van der Waals surface area contributed by atoms with Crippen molar-refractivity contribution < 1.29 is 4.39 Å². The van der Waals surface area contributed by atoms with Crippen molar-refractivity contribution in [3.63, 3.8) is 0 Å². The monoisotopic (exact) mass is 352 g/mol. The van der Waals surface area contributed by atoms with Gasteiger partial charge in [-0.2, -0.15) is 5.10 Å². The van der Waals surface area contributed by atoms with Gasteiger partial charge in [0, 0.05) is 20.1 Å². The van der Waals surface area contributed by atoms with Gasteiger partial charge in [-0.1, -0.05) is 24.3 Å². The van der Waals surface area contributed by atoms with Crippen LogP contribution in [0.1, 0.15) is 16.7 Å². The third-order valence-corrected chi connectivity index (χ3v) is 4.00. The molecular formula is C19H21FN6. The zero-order valence-corrected chi connectivity index (χ0v) is 14.8. The van der Waals surface area contributed by atoms with E-state index in [1.165, 1.54) is 6.33 Å². The van der Waals surface area contributed by atoms with Gasteiger partial charge in [-0.25, -0.2) is 14.1 Å². The van der Waals surface area contributed by atoms with Crippen LogP contribution in [0.5, 0.6) is 0 Å². The van der Waals surface area contributed by atoms with E-state index in [9.17, 15) is 4.39 Å².